The fourth-order valence-electron chi connectivity index (χ4n) is 4.09. The standard InChI is InChI=1S/C28H19N3/c1-2-10-22(11-3-1)31(23-15-14-20-8-4-5-9-21(20)18-23)24-16-17-27-28(19-24)30-26-13-7-6-12-25(26)29-27/h1-19H. The Hall–Kier alpha value is -4.24. The Morgan fingerprint density at radius 2 is 0.968 bits per heavy atom. The van der Waals surface area contributed by atoms with Crippen LogP contribution in [-0.4, -0.2) is 9.97 Å². The SMILES string of the molecule is c1ccc(N(c2ccc3ccccc3c2)c2ccc3nc4ccccc4nc3c2)cc1. The minimum absolute atomic E-state index is 0.887. The van der Waals surface area contributed by atoms with E-state index >= 15 is 0 Å². The zero-order chi connectivity index (χ0) is 20.6. The fraction of sp³-hybridized carbons (Fsp3) is 0. The molecule has 31 heavy (non-hydrogen) atoms. The van der Waals surface area contributed by atoms with Gasteiger partial charge in [0.25, 0.3) is 0 Å². The smallest absolute Gasteiger partial charge is 0.0915 e. The molecule has 0 unspecified atom stereocenters. The first-order valence-electron chi connectivity index (χ1n) is 10.4. The number of aromatic nitrogens is 2. The molecule has 3 nitrogen and oxygen atoms in total. The van der Waals surface area contributed by atoms with Crippen LogP contribution in [-0.2, 0) is 0 Å². The van der Waals surface area contributed by atoms with Crippen molar-refractivity contribution in [3.63, 3.8) is 0 Å². The van der Waals surface area contributed by atoms with Crippen molar-refractivity contribution in [2.24, 2.45) is 0 Å². The van der Waals surface area contributed by atoms with Crippen LogP contribution in [0.3, 0.4) is 0 Å². The Balaban J connectivity index is 1.56. The molecule has 1 aromatic heterocycles. The molecule has 0 radical (unpaired) electrons. The number of hydrogen-bond acceptors (Lipinski definition) is 3. The number of hydrogen-bond donors (Lipinski definition) is 0. The summed E-state index contributed by atoms with van der Waals surface area (Å²) in [7, 11) is 0. The molecule has 0 aliphatic heterocycles. The topological polar surface area (TPSA) is 29.0 Å². The van der Waals surface area contributed by atoms with Gasteiger partial charge in [-0.2, -0.15) is 0 Å². The maximum atomic E-state index is 4.87. The summed E-state index contributed by atoms with van der Waals surface area (Å²) in [6.07, 6.45) is 0. The molecule has 0 saturated carbocycles. The van der Waals surface area contributed by atoms with Crippen LogP contribution in [0.25, 0.3) is 32.8 Å². The molecule has 0 saturated heterocycles. The molecule has 1 heterocycles. The fourth-order valence-corrected chi connectivity index (χ4v) is 4.09. The van der Waals surface area contributed by atoms with Gasteiger partial charge in [0.2, 0.25) is 0 Å². The van der Waals surface area contributed by atoms with E-state index in [2.05, 4.69) is 89.8 Å². The van der Waals surface area contributed by atoms with Gasteiger partial charge in [-0.25, -0.2) is 9.97 Å². The van der Waals surface area contributed by atoms with Crippen LogP contribution in [0.15, 0.2) is 115 Å². The molecular formula is C28H19N3. The second kappa shape index (κ2) is 7.22. The highest BCUT2D eigenvalue weighted by Crippen LogP contribution is 2.37. The number of para-hydroxylation sites is 3. The van der Waals surface area contributed by atoms with Gasteiger partial charge in [0, 0.05) is 17.1 Å². The Kier molecular flexibility index (Phi) is 4.10. The van der Waals surface area contributed by atoms with Crippen LogP contribution in [0.4, 0.5) is 17.1 Å². The zero-order valence-corrected chi connectivity index (χ0v) is 16.8. The molecular weight excluding hydrogens is 378 g/mol. The van der Waals surface area contributed by atoms with Crippen LogP contribution in [0, 0.1) is 0 Å². The highest BCUT2D eigenvalue weighted by atomic mass is 15.1. The summed E-state index contributed by atoms with van der Waals surface area (Å²) in [5.74, 6) is 0. The van der Waals surface area contributed by atoms with Gasteiger partial charge >= 0.3 is 0 Å². The van der Waals surface area contributed by atoms with Crippen molar-refractivity contribution in [2.75, 3.05) is 4.90 Å². The lowest BCUT2D eigenvalue weighted by atomic mass is 10.1. The first kappa shape index (κ1) is 17.6. The van der Waals surface area contributed by atoms with Crippen molar-refractivity contribution in [2.45, 2.75) is 0 Å². The van der Waals surface area contributed by atoms with Gasteiger partial charge in [-0.15, -0.1) is 0 Å². The maximum absolute atomic E-state index is 4.87. The van der Waals surface area contributed by atoms with Gasteiger partial charge in [-0.3, -0.25) is 0 Å². The lowest BCUT2D eigenvalue weighted by Crippen LogP contribution is -2.10. The second-order valence-electron chi connectivity index (χ2n) is 7.59. The molecule has 0 spiro atoms. The van der Waals surface area contributed by atoms with Gasteiger partial charge in [0.15, 0.2) is 0 Å². The van der Waals surface area contributed by atoms with Gasteiger partial charge in [-0.05, 0) is 65.4 Å². The predicted molar refractivity (Wildman–Crippen MR) is 129 cm³/mol. The average Bonchev–Trinajstić information content (AvgIpc) is 2.83. The van der Waals surface area contributed by atoms with E-state index in [-0.39, 0.29) is 0 Å². The summed E-state index contributed by atoms with van der Waals surface area (Å²) in [5.41, 5.74) is 6.87. The zero-order valence-electron chi connectivity index (χ0n) is 16.8. The number of rotatable bonds is 3. The number of benzene rings is 5. The minimum Gasteiger partial charge on any atom is -0.310 e. The van der Waals surface area contributed by atoms with Crippen LogP contribution < -0.4 is 4.90 Å². The lowest BCUT2D eigenvalue weighted by molar-refractivity contribution is 1.28. The average molecular weight is 397 g/mol. The molecule has 5 aromatic carbocycles. The molecule has 3 heteroatoms. The van der Waals surface area contributed by atoms with E-state index in [4.69, 9.17) is 9.97 Å². The van der Waals surface area contributed by atoms with E-state index < -0.39 is 0 Å². The molecule has 0 fully saturated rings. The van der Waals surface area contributed by atoms with Gasteiger partial charge in [0.05, 0.1) is 22.1 Å². The van der Waals surface area contributed by atoms with E-state index in [1.807, 2.05) is 30.3 Å². The van der Waals surface area contributed by atoms with Gasteiger partial charge < -0.3 is 4.90 Å². The summed E-state index contributed by atoms with van der Waals surface area (Å²) in [6, 6.07) is 39.8. The van der Waals surface area contributed by atoms with E-state index in [0.717, 1.165) is 39.1 Å². The molecule has 0 aliphatic carbocycles. The molecule has 146 valence electrons. The van der Waals surface area contributed by atoms with Crippen molar-refractivity contribution in [1.82, 2.24) is 9.97 Å². The number of fused-ring (bicyclic) bond motifs is 3. The maximum Gasteiger partial charge on any atom is 0.0915 e. The van der Waals surface area contributed by atoms with Crippen LogP contribution >= 0.6 is 0 Å². The third-order valence-electron chi connectivity index (χ3n) is 5.59. The van der Waals surface area contributed by atoms with E-state index in [1.165, 1.54) is 10.8 Å². The quantitative estimate of drug-likeness (QED) is 0.291. The van der Waals surface area contributed by atoms with Crippen molar-refractivity contribution in [3.05, 3.63) is 115 Å². The third-order valence-corrected chi connectivity index (χ3v) is 5.59. The van der Waals surface area contributed by atoms with Gasteiger partial charge in [-0.1, -0.05) is 60.7 Å². The lowest BCUT2D eigenvalue weighted by Gasteiger charge is -2.26. The van der Waals surface area contributed by atoms with E-state index in [1.54, 1.807) is 0 Å². The number of anilines is 3. The molecule has 6 rings (SSSR count). The molecule has 0 amide bonds. The van der Waals surface area contributed by atoms with Crippen LogP contribution in [0.2, 0.25) is 0 Å². The van der Waals surface area contributed by atoms with Crippen molar-refractivity contribution in [3.8, 4) is 0 Å². The summed E-state index contributed by atoms with van der Waals surface area (Å²) in [5, 5.41) is 2.45. The molecule has 0 bridgehead atoms. The third kappa shape index (κ3) is 3.17. The normalized spacial score (nSPS) is 11.2. The van der Waals surface area contributed by atoms with Crippen molar-refractivity contribution >= 4 is 49.9 Å². The highest BCUT2D eigenvalue weighted by molar-refractivity contribution is 5.92. The molecule has 0 atom stereocenters. The van der Waals surface area contributed by atoms with E-state index in [9.17, 15) is 0 Å². The van der Waals surface area contributed by atoms with Crippen molar-refractivity contribution in [1.29, 1.82) is 0 Å². The Morgan fingerprint density at radius 3 is 1.77 bits per heavy atom. The minimum atomic E-state index is 0.887. The van der Waals surface area contributed by atoms with E-state index in [0.29, 0.717) is 0 Å². The Morgan fingerprint density at radius 1 is 0.387 bits per heavy atom. The largest absolute Gasteiger partial charge is 0.310 e. The summed E-state index contributed by atoms with van der Waals surface area (Å²) < 4.78 is 0. The Bertz CT molecular complexity index is 1540. The monoisotopic (exact) mass is 397 g/mol. The predicted octanol–water partition coefficient (Wildman–Crippen LogP) is 7.41. The summed E-state index contributed by atoms with van der Waals surface area (Å²) in [6.45, 7) is 0. The Labute approximate surface area is 180 Å². The van der Waals surface area contributed by atoms with Crippen LogP contribution in [0.5, 0.6) is 0 Å². The van der Waals surface area contributed by atoms with Crippen LogP contribution in [0.1, 0.15) is 0 Å². The summed E-state index contributed by atoms with van der Waals surface area (Å²) in [4.78, 5) is 11.9. The second-order valence-corrected chi connectivity index (χ2v) is 7.59. The first-order valence-corrected chi connectivity index (χ1v) is 10.4. The number of nitrogens with zero attached hydrogens (tertiary/aromatic N) is 3. The van der Waals surface area contributed by atoms with Gasteiger partial charge in [0.1, 0.15) is 0 Å². The molecule has 0 aliphatic rings. The highest BCUT2D eigenvalue weighted by Gasteiger charge is 2.14. The molecule has 6 aromatic rings. The first-order chi connectivity index (χ1) is 15.3. The van der Waals surface area contributed by atoms with Crippen molar-refractivity contribution < 1.29 is 0 Å². The molecule has 0 N–H and O–H groups in total. The summed E-state index contributed by atoms with van der Waals surface area (Å²) >= 11 is 0.